The van der Waals surface area contributed by atoms with E-state index in [0.717, 1.165) is 24.0 Å². The van der Waals surface area contributed by atoms with E-state index in [1.165, 1.54) is 31.5 Å². The van der Waals surface area contributed by atoms with Gasteiger partial charge in [-0.25, -0.2) is 13.2 Å². The van der Waals surface area contributed by atoms with Crippen molar-refractivity contribution in [2.75, 3.05) is 12.4 Å². The normalized spacial score (nSPS) is 14.3. The standard InChI is InChI=1S/C22H22F3N3.H2/c1-12-5-4-6-17(23)19(12)22(14-7-8-14)28-18-10-9-15(20(24)21(18)25)16(11-27-3)13(2)26;/h4-6,9-11,28H,7-8,26H2,1-3H3;1H/b16-13+,27-11?;. The fourth-order valence-electron chi connectivity index (χ4n) is 3.09. The lowest BCUT2D eigenvalue weighted by atomic mass is 10.0. The fourth-order valence-corrected chi connectivity index (χ4v) is 3.09. The number of nitrogens with one attached hydrogen (secondary N) is 1. The first-order chi connectivity index (χ1) is 13.3. The van der Waals surface area contributed by atoms with Crippen LogP contribution in [0.3, 0.4) is 0 Å². The molecule has 3 N–H and O–H groups in total. The van der Waals surface area contributed by atoms with Crippen molar-refractivity contribution < 1.29 is 14.6 Å². The van der Waals surface area contributed by atoms with E-state index >= 15 is 0 Å². The lowest BCUT2D eigenvalue weighted by Crippen LogP contribution is -2.08. The van der Waals surface area contributed by atoms with Crippen LogP contribution in [0.5, 0.6) is 0 Å². The van der Waals surface area contributed by atoms with Gasteiger partial charge in [0.1, 0.15) is 5.82 Å². The highest BCUT2D eigenvalue weighted by Crippen LogP contribution is 2.39. The van der Waals surface area contributed by atoms with Crippen LogP contribution < -0.4 is 11.1 Å². The van der Waals surface area contributed by atoms with Gasteiger partial charge in [-0.2, -0.15) is 0 Å². The molecule has 0 atom stereocenters. The Morgan fingerprint density at radius 2 is 1.86 bits per heavy atom. The van der Waals surface area contributed by atoms with Crippen LogP contribution in [-0.2, 0) is 0 Å². The van der Waals surface area contributed by atoms with E-state index in [-0.39, 0.29) is 12.7 Å². The lowest BCUT2D eigenvalue weighted by molar-refractivity contribution is 0.509. The molecule has 0 heterocycles. The molecule has 0 radical (unpaired) electrons. The second kappa shape index (κ2) is 7.92. The predicted molar refractivity (Wildman–Crippen MR) is 111 cm³/mol. The van der Waals surface area contributed by atoms with Crippen molar-refractivity contribution >= 4 is 23.2 Å². The van der Waals surface area contributed by atoms with E-state index in [1.54, 1.807) is 26.0 Å². The molecule has 1 saturated carbocycles. The molecular weight excluding hydrogens is 363 g/mol. The van der Waals surface area contributed by atoms with Gasteiger partial charge < -0.3 is 11.1 Å². The molecule has 0 spiro atoms. The quantitative estimate of drug-likeness (QED) is 0.650. The maximum atomic E-state index is 14.8. The van der Waals surface area contributed by atoms with E-state index in [0.29, 0.717) is 22.5 Å². The Hall–Kier alpha value is -3.02. The van der Waals surface area contributed by atoms with Gasteiger partial charge in [-0.15, -0.1) is 0 Å². The third-order valence-electron chi connectivity index (χ3n) is 4.64. The lowest BCUT2D eigenvalue weighted by Gasteiger charge is -2.17. The van der Waals surface area contributed by atoms with Crippen molar-refractivity contribution in [2.45, 2.75) is 26.7 Å². The molecule has 1 fully saturated rings. The van der Waals surface area contributed by atoms with Gasteiger partial charge in [-0.05, 0) is 56.0 Å². The Kier molecular flexibility index (Phi) is 5.58. The second-order valence-corrected chi connectivity index (χ2v) is 6.81. The fraction of sp³-hybridized carbons (Fsp3) is 0.227. The second-order valence-electron chi connectivity index (χ2n) is 6.81. The molecule has 0 unspecified atom stereocenters. The summed E-state index contributed by atoms with van der Waals surface area (Å²) in [5.74, 6) is -2.48. The molecule has 1 aliphatic carbocycles. The van der Waals surface area contributed by atoms with Gasteiger partial charge >= 0.3 is 0 Å². The number of aliphatic imine (C=N–C) groups is 1. The van der Waals surface area contributed by atoms with Gasteiger partial charge in [0, 0.05) is 42.8 Å². The average molecular weight is 387 g/mol. The van der Waals surface area contributed by atoms with Gasteiger partial charge in [0.15, 0.2) is 11.6 Å². The van der Waals surface area contributed by atoms with Crippen molar-refractivity contribution in [2.24, 2.45) is 10.7 Å². The van der Waals surface area contributed by atoms with Gasteiger partial charge in [-0.1, -0.05) is 12.1 Å². The van der Waals surface area contributed by atoms with Crippen LogP contribution in [0, 0.1) is 24.4 Å². The van der Waals surface area contributed by atoms with Gasteiger partial charge in [0.25, 0.3) is 0 Å². The average Bonchev–Trinajstić information content (AvgIpc) is 3.47. The number of aryl methyl sites for hydroxylation is 1. The molecule has 0 aromatic heterocycles. The van der Waals surface area contributed by atoms with E-state index in [4.69, 9.17) is 5.73 Å². The van der Waals surface area contributed by atoms with Crippen molar-refractivity contribution in [1.82, 2.24) is 0 Å². The topological polar surface area (TPSA) is 50.4 Å². The van der Waals surface area contributed by atoms with Crippen LogP contribution in [0.25, 0.3) is 11.3 Å². The summed E-state index contributed by atoms with van der Waals surface area (Å²) in [6.45, 7) is 3.38. The van der Waals surface area contributed by atoms with Crippen LogP contribution in [0.2, 0.25) is 0 Å². The number of allylic oxidation sites excluding steroid dienone is 3. The zero-order valence-corrected chi connectivity index (χ0v) is 16.0. The molecule has 2 aromatic rings. The summed E-state index contributed by atoms with van der Waals surface area (Å²) in [5.41, 5.74) is 8.99. The summed E-state index contributed by atoms with van der Waals surface area (Å²) in [4.78, 5) is 3.85. The van der Waals surface area contributed by atoms with Crippen LogP contribution in [0.1, 0.15) is 37.9 Å². The number of hydrogen-bond donors (Lipinski definition) is 2. The van der Waals surface area contributed by atoms with Gasteiger partial charge in [0.05, 0.1) is 5.69 Å². The Morgan fingerprint density at radius 1 is 1.14 bits per heavy atom. The first-order valence-corrected chi connectivity index (χ1v) is 8.96. The summed E-state index contributed by atoms with van der Waals surface area (Å²) in [6.07, 6.45) is 2.98. The zero-order chi connectivity index (χ0) is 20.4. The highest BCUT2D eigenvalue weighted by molar-refractivity contribution is 6.10. The number of anilines is 1. The first-order valence-electron chi connectivity index (χ1n) is 8.96. The molecule has 0 aliphatic heterocycles. The van der Waals surface area contributed by atoms with Crippen LogP contribution in [0.15, 0.2) is 46.6 Å². The van der Waals surface area contributed by atoms with E-state index in [9.17, 15) is 13.2 Å². The number of nitrogens with two attached hydrogens (primary N) is 1. The molecular formula is C22H24F3N3. The first kappa shape index (κ1) is 19.7. The molecule has 0 saturated heterocycles. The Morgan fingerprint density at radius 3 is 2.43 bits per heavy atom. The Labute approximate surface area is 164 Å². The van der Waals surface area contributed by atoms with Crippen LogP contribution >= 0.6 is 0 Å². The van der Waals surface area contributed by atoms with E-state index < -0.39 is 17.5 Å². The predicted octanol–water partition coefficient (Wildman–Crippen LogP) is 5.67. The van der Waals surface area contributed by atoms with E-state index in [1.807, 2.05) is 0 Å². The summed E-state index contributed by atoms with van der Waals surface area (Å²) >= 11 is 0. The van der Waals surface area contributed by atoms with Crippen LogP contribution in [-0.4, -0.2) is 13.3 Å². The Bertz CT molecular complexity index is 996. The third-order valence-corrected chi connectivity index (χ3v) is 4.64. The zero-order valence-electron chi connectivity index (χ0n) is 16.0. The number of hydrogen-bond acceptors (Lipinski definition) is 3. The van der Waals surface area contributed by atoms with Gasteiger partial charge in [-0.3, -0.25) is 4.99 Å². The van der Waals surface area contributed by atoms with Gasteiger partial charge in [0.2, 0.25) is 0 Å². The minimum atomic E-state index is -1.05. The smallest absolute Gasteiger partial charge is 0.182 e. The Balaban J connectivity index is 0.00000300. The monoisotopic (exact) mass is 387 g/mol. The van der Waals surface area contributed by atoms with E-state index in [2.05, 4.69) is 10.3 Å². The molecule has 6 heteroatoms. The number of benzene rings is 2. The summed E-state index contributed by atoms with van der Waals surface area (Å²) in [7, 11) is 1.53. The molecule has 0 amide bonds. The number of halogens is 3. The molecule has 2 aromatic carbocycles. The number of nitrogens with zero attached hydrogens (tertiary/aromatic N) is 1. The molecule has 3 nitrogen and oxygen atoms in total. The highest BCUT2D eigenvalue weighted by Gasteiger charge is 2.25. The number of rotatable bonds is 5. The summed E-state index contributed by atoms with van der Waals surface area (Å²) in [5, 5.41) is 2.92. The molecule has 3 rings (SSSR count). The maximum Gasteiger partial charge on any atom is 0.182 e. The third kappa shape index (κ3) is 3.81. The van der Waals surface area contributed by atoms with Crippen molar-refractivity contribution in [3.8, 4) is 0 Å². The SMILES string of the molecule is CN=C/C(=C(/C)N)c1ccc(NC(=C2CC2)c2c(C)cccc2F)c(F)c1F.[HH]. The molecule has 1 aliphatic rings. The highest BCUT2D eigenvalue weighted by atomic mass is 19.2. The maximum absolute atomic E-state index is 14.8. The van der Waals surface area contributed by atoms with Crippen LogP contribution in [0.4, 0.5) is 18.9 Å². The van der Waals surface area contributed by atoms with Crippen molar-refractivity contribution in [3.05, 3.63) is 75.7 Å². The van der Waals surface area contributed by atoms with Crippen molar-refractivity contribution in [3.63, 3.8) is 0 Å². The molecule has 0 bridgehead atoms. The van der Waals surface area contributed by atoms with Crippen molar-refractivity contribution in [1.29, 1.82) is 0 Å². The largest absolute Gasteiger partial charge is 0.402 e. The molecule has 148 valence electrons. The minimum absolute atomic E-state index is 0. The minimum Gasteiger partial charge on any atom is -0.402 e. The molecule has 28 heavy (non-hydrogen) atoms. The summed E-state index contributed by atoms with van der Waals surface area (Å²) in [6, 6.07) is 7.64. The summed E-state index contributed by atoms with van der Waals surface area (Å²) < 4.78 is 44.0.